The van der Waals surface area contributed by atoms with Gasteiger partial charge in [0, 0.05) is 6.54 Å². The average molecular weight is 188 g/mol. The molecule has 4 heteroatoms. The number of hydrogen-bond donors (Lipinski definition) is 0. The van der Waals surface area contributed by atoms with Crippen LogP contribution >= 0.6 is 11.6 Å². The molecular weight excluding hydrogens is 174 g/mol. The Hall–Kier alpha value is -0.570. The van der Waals surface area contributed by atoms with Gasteiger partial charge in [-0.15, -0.1) is 21.8 Å². The Kier molecular flexibility index (Phi) is 4.08. The van der Waals surface area contributed by atoms with Gasteiger partial charge in [0.2, 0.25) is 0 Å². The van der Waals surface area contributed by atoms with Crippen LogP contribution < -0.4 is 0 Å². The third kappa shape index (κ3) is 2.48. The first-order valence-electron chi connectivity index (χ1n) is 4.31. The highest BCUT2D eigenvalue weighted by Crippen LogP contribution is 2.03. The second kappa shape index (κ2) is 5.14. The number of aryl methyl sites for hydroxylation is 1. The van der Waals surface area contributed by atoms with Crippen LogP contribution in [0.25, 0.3) is 0 Å². The molecular formula is C8H14ClN3. The van der Waals surface area contributed by atoms with Gasteiger partial charge in [-0.25, -0.2) is 0 Å². The molecule has 3 nitrogen and oxygen atoms in total. The van der Waals surface area contributed by atoms with Gasteiger partial charge >= 0.3 is 0 Å². The van der Waals surface area contributed by atoms with E-state index in [2.05, 4.69) is 17.1 Å². The fourth-order valence-corrected chi connectivity index (χ4v) is 1.31. The maximum absolute atomic E-state index is 5.66. The zero-order valence-electron chi connectivity index (χ0n) is 7.33. The van der Waals surface area contributed by atoms with Crippen LogP contribution in [0.3, 0.4) is 0 Å². The highest BCUT2D eigenvalue weighted by molar-refractivity contribution is 6.16. The van der Waals surface area contributed by atoms with E-state index in [4.69, 9.17) is 11.6 Å². The lowest BCUT2D eigenvalue weighted by molar-refractivity contribution is 0.588. The average Bonchev–Trinajstić information content (AvgIpc) is 2.52. The standard InChI is InChI=1S/C8H14ClN3/c1-2-3-4-5-12-7-10-11-8(12)6-9/h7H,2-6H2,1H3. The molecule has 0 aliphatic carbocycles. The lowest BCUT2D eigenvalue weighted by Crippen LogP contribution is -2.00. The number of unbranched alkanes of at least 4 members (excludes halogenated alkanes) is 2. The maximum atomic E-state index is 5.66. The lowest BCUT2D eigenvalue weighted by Gasteiger charge is -2.02. The Bertz CT molecular complexity index is 222. The summed E-state index contributed by atoms with van der Waals surface area (Å²) in [6.45, 7) is 3.18. The molecule has 0 aromatic carbocycles. The molecule has 0 spiro atoms. The van der Waals surface area contributed by atoms with E-state index < -0.39 is 0 Å². The molecule has 12 heavy (non-hydrogen) atoms. The van der Waals surface area contributed by atoms with E-state index in [1.807, 2.05) is 4.57 Å². The molecule has 0 saturated heterocycles. The number of alkyl halides is 1. The number of rotatable bonds is 5. The summed E-state index contributed by atoms with van der Waals surface area (Å²) in [5.41, 5.74) is 0. The van der Waals surface area contributed by atoms with Gasteiger partial charge in [-0.3, -0.25) is 0 Å². The van der Waals surface area contributed by atoms with Crippen molar-refractivity contribution in [3.8, 4) is 0 Å². The molecule has 0 aliphatic heterocycles. The molecule has 1 aromatic heterocycles. The second-order valence-electron chi connectivity index (χ2n) is 2.78. The van der Waals surface area contributed by atoms with Crippen molar-refractivity contribution in [2.24, 2.45) is 0 Å². The zero-order chi connectivity index (χ0) is 8.81. The van der Waals surface area contributed by atoms with Crippen LogP contribution in [-0.2, 0) is 12.4 Å². The summed E-state index contributed by atoms with van der Waals surface area (Å²) in [7, 11) is 0. The predicted octanol–water partition coefficient (Wildman–Crippen LogP) is 2.21. The first-order valence-corrected chi connectivity index (χ1v) is 4.84. The number of hydrogen-bond acceptors (Lipinski definition) is 2. The number of halogens is 1. The van der Waals surface area contributed by atoms with Crippen molar-refractivity contribution in [3.63, 3.8) is 0 Å². The Labute approximate surface area is 77.8 Å². The minimum absolute atomic E-state index is 0.451. The summed E-state index contributed by atoms with van der Waals surface area (Å²) >= 11 is 5.66. The second-order valence-corrected chi connectivity index (χ2v) is 3.05. The lowest BCUT2D eigenvalue weighted by atomic mass is 10.2. The predicted molar refractivity (Wildman–Crippen MR) is 49.1 cm³/mol. The van der Waals surface area contributed by atoms with Crippen molar-refractivity contribution in [3.05, 3.63) is 12.2 Å². The summed E-state index contributed by atoms with van der Waals surface area (Å²) in [4.78, 5) is 0. The van der Waals surface area contributed by atoms with E-state index in [0.29, 0.717) is 5.88 Å². The topological polar surface area (TPSA) is 30.7 Å². The summed E-state index contributed by atoms with van der Waals surface area (Å²) < 4.78 is 2.02. The molecule has 0 fully saturated rings. The monoisotopic (exact) mass is 187 g/mol. The molecule has 0 bridgehead atoms. The van der Waals surface area contributed by atoms with Crippen LogP contribution in [0.5, 0.6) is 0 Å². The molecule has 0 aliphatic rings. The van der Waals surface area contributed by atoms with E-state index >= 15 is 0 Å². The van der Waals surface area contributed by atoms with Gasteiger partial charge in [0.25, 0.3) is 0 Å². The third-order valence-electron chi connectivity index (χ3n) is 1.82. The quantitative estimate of drug-likeness (QED) is 0.523. The van der Waals surface area contributed by atoms with Crippen LogP contribution in [0.4, 0.5) is 0 Å². The molecule has 0 atom stereocenters. The molecule has 0 N–H and O–H groups in total. The highest BCUT2D eigenvalue weighted by Gasteiger charge is 2.00. The molecule has 0 saturated carbocycles. The summed E-state index contributed by atoms with van der Waals surface area (Å²) in [6.07, 6.45) is 5.41. The molecule has 68 valence electrons. The van der Waals surface area contributed by atoms with Crippen molar-refractivity contribution < 1.29 is 0 Å². The van der Waals surface area contributed by atoms with Crippen LogP contribution in [0.1, 0.15) is 32.0 Å². The van der Waals surface area contributed by atoms with Crippen molar-refractivity contribution in [2.45, 2.75) is 38.6 Å². The molecule has 1 heterocycles. The SMILES string of the molecule is CCCCCn1cnnc1CCl. The summed E-state index contributed by atoms with van der Waals surface area (Å²) in [6, 6.07) is 0. The van der Waals surface area contributed by atoms with Crippen molar-refractivity contribution in [1.82, 2.24) is 14.8 Å². The Balaban J connectivity index is 2.39. The van der Waals surface area contributed by atoms with Crippen LogP contribution in [0.15, 0.2) is 6.33 Å². The zero-order valence-corrected chi connectivity index (χ0v) is 8.09. The normalized spacial score (nSPS) is 10.5. The van der Waals surface area contributed by atoms with Gasteiger partial charge in [0.05, 0.1) is 5.88 Å². The van der Waals surface area contributed by atoms with Crippen molar-refractivity contribution in [2.75, 3.05) is 0 Å². The van der Waals surface area contributed by atoms with Crippen molar-refractivity contribution >= 4 is 11.6 Å². The minimum atomic E-state index is 0.451. The molecule has 1 aromatic rings. The molecule has 0 amide bonds. The highest BCUT2D eigenvalue weighted by atomic mass is 35.5. The fraction of sp³-hybridized carbons (Fsp3) is 0.750. The van der Waals surface area contributed by atoms with Gasteiger partial charge in [-0.2, -0.15) is 0 Å². The summed E-state index contributed by atoms with van der Waals surface area (Å²) in [5.74, 6) is 1.32. The number of nitrogens with zero attached hydrogens (tertiary/aromatic N) is 3. The maximum Gasteiger partial charge on any atom is 0.147 e. The molecule has 0 radical (unpaired) electrons. The third-order valence-corrected chi connectivity index (χ3v) is 2.06. The van der Waals surface area contributed by atoms with E-state index in [1.54, 1.807) is 6.33 Å². The molecule has 1 rings (SSSR count). The van der Waals surface area contributed by atoms with Crippen molar-refractivity contribution in [1.29, 1.82) is 0 Å². The van der Waals surface area contributed by atoms with E-state index in [-0.39, 0.29) is 0 Å². The van der Waals surface area contributed by atoms with Crippen LogP contribution in [-0.4, -0.2) is 14.8 Å². The van der Waals surface area contributed by atoms with E-state index in [9.17, 15) is 0 Å². The first kappa shape index (κ1) is 9.52. The van der Waals surface area contributed by atoms with Crippen LogP contribution in [0, 0.1) is 0 Å². The van der Waals surface area contributed by atoms with Gasteiger partial charge in [-0.1, -0.05) is 19.8 Å². The largest absolute Gasteiger partial charge is 0.317 e. The fourth-order valence-electron chi connectivity index (χ4n) is 1.10. The van der Waals surface area contributed by atoms with E-state index in [1.165, 1.54) is 19.3 Å². The van der Waals surface area contributed by atoms with Crippen LogP contribution in [0.2, 0.25) is 0 Å². The summed E-state index contributed by atoms with van der Waals surface area (Å²) in [5, 5.41) is 7.69. The number of aromatic nitrogens is 3. The minimum Gasteiger partial charge on any atom is -0.317 e. The van der Waals surface area contributed by atoms with Gasteiger partial charge < -0.3 is 4.57 Å². The van der Waals surface area contributed by atoms with Gasteiger partial charge in [0.15, 0.2) is 0 Å². The Morgan fingerprint density at radius 2 is 2.33 bits per heavy atom. The van der Waals surface area contributed by atoms with E-state index in [0.717, 1.165) is 12.4 Å². The first-order chi connectivity index (χ1) is 5.88. The van der Waals surface area contributed by atoms with Gasteiger partial charge in [0.1, 0.15) is 12.2 Å². The Morgan fingerprint density at radius 3 is 3.00 bits per heavy atom. The smallest absolute Gasteiger partial charge is 0.147 e. The molecule has 0 unspecified atom stereocenters. The van der Waals surface area contributed by atoms with Gasteiger partial charge in [-0.05, 0) is 6.42 Å². The Morgan fingerprint density at radius 1 is 1.50 bits per heavy atom.